The van der Waals surface area contributed by atoms with Gasteiger partial charge >= 0.3 is 0 Å². The lowest BCUT2D eigenvalue weighted by Gasteiger charge is -2.27. The molecule has 0 aromatic rings. The van der Waals surface area contributed by atoms with Crippen molar-refractivity contribution in [2.75, 3.05) is 13.1 Å². The third-order valence-electron chi connectivity index (χ3n) is 4.61. The summed E-state index contributed by atoms with van der Waals surface area (Å²) in [5.41, 5.74) is 6.93. The van der Waals surface area contributed by atoms with Crippen molar-refractivity contribution in [1.82, 2.24) is 5.32 Å². The molecule has 2 nitrogen and oxygen atoms in total. The fourth-order valence-corrected chi connectivity index (χ4v) is 2.59. The summed E-state index contributed by atoms with van der Waals surface area (Å²) < 4.78 is 0. The second-order valence-electron chi connectivity index (χ2n) is 6.40. The van der Waals surface area contributed by atoms with Crippen LogP contribution in [0, 0.1) is 17.3 Å². The molecule has 0 saturated heterocycles. The quantitative estimate of drug-likeness (QED) is 0.705. The van der Waals surface area contributed by atoms with Gasteiger partial charge in [0.25, 0.3) is 0 Å². The van der Waals surface area contributed by atoms with E-state index in [1.165, 1.54) is 32.2 Å². The van der Waals surface area contributed by atoms with Crippen LogP contribution in [0.25, 0.3) is 0 Å². The van der Waals surface area contributed by atoms with E-state index in [-0.39, 0.29) is 5.54 Å². The summed E-state index contributed by atoms with van der Waals surface area (Å²) in [5, 5.41) is 3.61. The maximum atomic E-state index is 6.29. The van der Waals surface area contributed by atoms with Gasteiger partial charge in [-0.25, -0.2) is 0 Å². The van der Waals surface area contributed by atoms with Gasteiger partial charge in [-0.05, 0) is 49.9 Å². The highest BCUT2D eigenvalue weighted by Gasteiger charge is 2.45. The Balaban J connectivity index is 1.70. The summed E-state index contributed by atoms with van der Waals surface area (Å²) in [4.78, 5) is 0. The minimum atomic E-state index is 0.0348. The third kappa shape index (κ3) is 2.54. The monoisotopic (exact) mass is 210 g/mol. The van der Waals surface area contributed by atoms with Gasteiger partial charge in [0.1, 0.15) is 0 Å². The molecule has 2 aliphatic carbocycles. The molecule has 0 aliphatic heterocycles. The molecule has 1 atom stereocenters. The molecule has 1 unspecified atom stereocenters. The van der Waals surface area contributed by atoms with E-state index in [9.17, 15) is 0 Å². The smallest absolute Gasteiger partial charge is 0.0280 e. The van der Waals surface area contributed by atoms with E-state index in [0.29, 0.717) is 5.41 Å². The summed E-state index contributed by atoms with van der Waals surface area (Å²) in [7, 11) is 0. The van der Waals surface area contributed by atoms with Gasteiger partial charge in [-0.2, -0.15) is 0 Å². The molecule has 0 radical (unpaired) electrons. The van der Waals surface area contributed by atoms with Crippen LogP contribution in [-0.4, -0.2) is 18.6 Å². The molecule has 15 heavy (non-hydrogen) atoms. The molecule has 0 aromatic heterocycles. The van der Waals surface area contributed by atoms with Gasteiger partial charge in [0, 0.05) is 18.6 Å². The number of nitrogens with two attached hydrogens (primary N) is 1. The van der Waals surface area contributed by atoms with Crippen molar-refractivity contribution < 1.29 is 0 Å². The maximum absolute atomic E-state index is 6.29. The minimum absolute atomic E-state index is 0.0348. The Labute approximate surface area is 94.0 Å². The molecule has 88 valence electrons. The maximum Gasteiger partial charge on any atom is 0.0280 e. The van der Waals surface area contributed by atoms with Gasteiger partial charge in [-0.1, -0.05) is 13.8 Å². The zero-order chi connectivity index (χ0) is 11.1. The van der Waals surface area contributed by atoms with E-state index < -0.39 is 0 Å². The average Bonchev–Trinajstić information content (AvgIpc) is 3.00. The molecule has 2 fully saturated rings. The summed E-state index contributed by atoms with van der Waals surface area (Å²) in [5.74, 6) is 1.59. The van der Waals surface area contributed by atoms with Crippen LogP contribution in [0.2, 0.25) is 0 Å². The summed E-state index contributed by atoms with van der Waals surface area (Å²) >= 11 is 0. The van der Waals surface area contributed by atoms with Crippen molar-refractivity contribution in [1.29, 1.82) is 0 Å². The van der Waals surface area contributed by atoms with Crippen molar-refractivity contribution in [3.05, 3.63) is 0 Å². The second kappa shape index (κ2) is 3.74. The summed E-state index contributed by atoms with van der Waals surface area (Å²) in [6.07, 6.45) is 5.48. The first-order chi connectivity index (χ1) is 6.96. The van der Waals surface area contributed by atoms with E-state index in [4.69, 9.17) is 5.73 Å². The standard InChI is InChI=1S/C13H26N2/c1-10(2)13(6-7-13)9-15-8-12(3,14)11-4-5-11/h10-11,15H,4-9,14H2,1-3H3. The van der Waals surface area contributed by atoms with Gasteiger partial charge in [-0.3, -0.25) is 0 Å². The molecular formula is C13H26N2. The van der Waals surface area contributed by atoms with Gasteiger partial charge in [0.05, 0.1) is 0 Å². The molecule has 0 amide bonds. The Hall–Kier alpha value is -0.0800. The highest BCUT2D eigenvalue weighted by molar-refractivity contribution is 5.00. The topological polar surface area (TPSA) is 38.0 Å². The van der Waals surface area contributed by atoms with Crippen LogP contribution < -0.4 is 11.1 Å². The Bertz CT molecular complexity index is 221. The first-order valence-electron chi connectivity index (χ1n) is 6.46. The second-order valence-corrected chi connectivity index (χ2v) is 6.40. The highest BCUT2D eigenvalue weighted by Crippen LogP contribution is 2.51. The number of nitrogens with one attached hydrogen (secondary N) is 1. The lowest BCUT2D eigenvalue weighted by Crippen LogP contribution is -2.49. The van der Waals surface area contributed by atoms with E-state index in [2.05, 4.69) is 26.1 Å². The zero-order valence-electron chi connectivity index (χ0n) is 10.5. The number of hydrogen-bond acceptors (Lipinski definition) is 2. The molecule has 0 spiro atoms. The molecule has 0 aromatic carbocycles. The first kappa shape index (κ1) is 11.4. The van der Waals surface area contributed by atoms with E-state index in [1.54, 1.807) is 0 Å². The lowest BCUT2D eigenvalue weighted by molar-refractivity contribution is 0.307. The number of rotatable bonds is 6. The van der Waals surface area contributed by atoms with E-state index in [0.717, 1.165) is 18.4 Å². The minimum Gasteiger partial charge on any atom is -0.324 e. The number of hydrogen-bond donors (Lipinski definition) is 2. The average molecular weight is 210 g/mol. The predicted octanol–water partition coefficient (Wildman–Crippen LogP) is 2.14. The molecule has 3 N–H and O–H groups in total. The largest absolute Gasteiger partial charge is 0.324 e. The summed E-state index contributed by atoms with van der Waals surface area (Å²) in [6, 6.07) is 0. The molecule has 2 saturated carbocycles. The molecule has 0 bridgehead atoms. The van der Waals surface area contributed by atoms with Gasteiger partial charge in [0.15, 0.2) is 0 Å². The van der Waals surface area contributed by atoms with Crippen molar-refractivity contribution in [2.24, 2.45) is 23.0 Å². The molecule has 2 heteroatoms. The molecule has 2 rings (SSSR count). The zero-order valence-corrected chi connectivity index (χ0v) is 10.5. The van der Waals surface area contributed by atoms with Gasteiger partial charge in [0.2, 0.25) is 0 Å². The fourth-order valence-electron chi connectivity index (χ4n) is 2.59. The highest BCUT2D eigenvalue weighted by atomic mass is 15.0. The Morgan fingerprint density at radius 2 is 2.00 bits per heavy atom. The Morgan fingerprint density at radius 3 is 2.40 bits per heavy atom. The van der Waals surface area contributed by atoms with Crippen LogP contribution in [0.5, 0.6) is 0 Å². The van der Waals surface area contributed by atoms with Gasteiger partial charge in [-0.15, -0.1) is 0 Å². The van der Waals surface area contributed by atoms with E-state index >= 15 is 0 Å². The predicted molar refractivity (Wildman–Crippen MR) is 64.7 cm³/mol. The first-order valence-corrected chi connectivity index (χ1v) is 6.46. The SMILES string of the molecule is CC(C)C1(CNCC(C)(N)C2CC2)CC1. The van der Waals surface area contributed by atoms with E-state index in [1.807, 2.05) is 0 Å². The summed E-state index contributed by atoms with van der Waals surface area (Å²) in [6.45, 7) is 9.05. The van der Waals surface area contributed by atoms with Gasteiger partial charge < -0.3 is 11.1 Å². The van der Waals surface area contributed by atoms with Crippen molar-refractivity contribution in [2.45, 2.75) is 52.0 Å². The van der Waals surface area contributed by atoms with Crippen LogP contribution >= 0.6 is 0 Å². The molecular weight excluding hydrogens is 184 g/mol. The van der Waals surface area contributed by atoms with Crippen molar-refractivity contribution in [3.8, 4) is 0 Å². The molecule has 2 aliphatic rings. The normalized spacial score (nSPS) is 27.8. The fraction of sp³-hybridized carbons (Fsp3) is 1.00. The lowest BCUT2D eigenvalue weighted by atomic mass is 9.91. The Morgan fingerprint density at radius 1 is 1.40 bits per heavy atom. The van der Waals surface area contributed by atoms with Crippen LogP contribution in [-0.2, 0) is 0 Å². The van der Waals surface area contributed by atoms with Crippen LogP contribution in [0.3, 0.4) is 0 Å². The van der Waals surface area contributed by atoms with Crippen molar-refractivity contribution >= 4 is 0 Å². The van der Waals surface area contributed by atoms with Crippen LogP contribution in [0.1, 0.15) is 46.5 Å². The van der Waals surface area contributed by atoms with Crippen molar-refractivity contribution in [3.63, 3.8) is 0 Å². The third-order valence-corrected chi connectivity index (χ3v) is 4.61. The van der Waals surface area contributed by atoms with Crippen LogP contribution in [0.15, 0.2) is 0 Å². The van der Waals surface area contributed by atoms with Crippen LogP contribution in [0.4, 0.5) is 0 Å². The molecule has 0 heterocycles. The Kier molecular flexibility index (Phi) is 2.85.